The summed E-state index contributed by atoms with van der Waals surface area (Å²) in [6.45, 7) is 1.54. The van der Waals surface area contributed by atoms with E-state index in [2.05, 4.69) is 5.32 Å². The van der Waals surface area contributed by atoms with Crippen molar-refractivity contribution >= 4 is 11.9 Å². The first-order chi connectivity index (χ1) is 14.5. The number of methoxy groups -OCH3 is 3. The van der Waals surface area contributed by atoms with Crippen LogP contribution in [0.1, 0.15) is 28.9 Å². The standard InChI is InChI=1S/C21H23NO8/c1-12(13-5-7-15-17(9-13)30-11-29-15)22-18(23)10-28-21(24)14-6-8-16(25-2)20(27-4)19(14)26-3/h5-9,12H,10-11H2,1-4H3,(H,22,23). The molecule has 1 N–H and O–H groups in total. The van der Waals surface area contributed by atoms with Crippen molar-refractivity contribution in [3.05, 3.63) is 41.5 Å². The number of nitrogens with one attached hydrogen (secondary N) is 1. The van der Waals surface area contributed by atoms with Gasteiger partial charge in [0.2, 0.25) is 12.5 Å². The van der Waals surface area contributed by atoms with Crippen LogP contribution in [0.25, 0.3) is 0 Å². The molecule has 9 nitrogen and oxygen atoms in total. The van der Waals surface area contributed by atoms with E-state index in [1.165, 1.54) is 27.4 Å². The summed E-state index contributed by atoms with van der Waals surface area (Å²) < 4.78 is 31.5. The maximum atomic E-state index is 12.5. The molecule has 1 amide bonds. The minimum Gasteiger partial charge on any atom is -0.493 e. The Morgan fingerprint density at radius 2 is 1.73 bits per heavy atom. The van der Waals surface area contributed by atoms with Crippen molar-refractivity contribution in [2.45, 2.75) is 13.0 Å². The maximum Gasteiger partial charge on any atom is 0.342 e. The Bertz CT molecular complexity index is 943. The molecule has 2 aromatic carbocycles. The molecule has 0 saturated heterocycles. The Morgan fingerprint density at radius 3 is 2.43 bits per heavy atom. The molecule has 0 fully saturated rings. The third kappa shape index (κ3) is 4.35. The van der Waals surface area contributed by atoms with Crippen LogP contribution in [0, 0.1) is 0 Å². The molecule has 1 aliphatic rings. The molecule has 1 aliphatic heterocycles. The van der Waals surface area contributed by atoms with Crippen molar-refractivity contribution in [1.82, 2.24) is 5.32 Å². The van der Waals surface area contributed by atoms with Gasteiger partial charge in [0, 0.05) is 0 Å². The number of hydrogen-bond acceptors (Lipinski definition) is 8. The smallest absolute Gasteiger partial charge is 0.342 e. The Labute approximate surface area is 173 Å². The van der Waals surface area contributed by atoms with E-state index < -0.39 is 18.5 Å². The highest BCUT2D eigenvalue weighted by Crippen LogP contribution is 2.40. The van der Waals surface area contributed by atoms with Crippen LogP contribution in [-0.4, -0.2) is 46.6 Å². The third-order valence-corrected chi connectivity index (χ3v) is 4.53. The topological polar surface area (TPSA) is 102 Å². The van der Waals surface area contributed by atoms with E-state index in [1.54, 1.807) is 18.2 Å². The molecule has 30 heavy (non-hydrogen) atoms. The number of rotatable bonds is 8. The average Bonchev–Trinajstić information content (AvgIpc) is 3.24. The number of esters is 1. The molecule has 3 rings (SSSR count). The van der Waals surface area contributed by atoms with E-state index in [-0.39, 0.29) is 29.9 Å². The van der Waals surface area contributed by atoms with Crippen LogP contribution >= 0.6 is 0 Å². The lowest BCUT2D eigenvalue weighted by Crippen LogP contribution is -2.31. The van der Waals surface area contributed by atoms with Gasteiger partial charge in [-0.3, -0.25) is 4.79 Å². The van der Waals surface area contributed by atoms with Gasteiger partial charge in [-0.2, -0.15) is 0 Å². The fourth-order valence-corrected chi connectivity index (χ4v) is 3.02. The number of carbonyl (C=O) groups is 2. The van der Waals surface area contributed by atoms with Gasteiger partial charge in [0.25, 0.3) is 5.91 Å². The van der Waals surface area contributed by atoms with Gasteiger partial charge < -0.3 is 33.7 Å². The molecule has 1 heterocycles. The van der Waals surface area contributed by atoms with E-state index in [9.17, 15) is 9.59 Å². The molecule has 0 radical (unpaired) electrons. The van der Waals surface area contributed by atoms with Crippen LogP contribution in [0.4, 0.5) is 0 Å². The summed E-state index contributed by atoms with van der Waals surface area (Å²) in [5.41, 5.74) is 0.951. The van der Waals surface area contributed by atoms with E-state index in [0.29, 0.717) is 17.2 Å². The maximum absolute atomic E-state index is 12.5. The molecular weight excluding hydrogens is 394 g/mol. The molecule has 0 aromatic heterocycles. The summed E-state index contributed by atoms with van der Waals surface area (Å²) >= 11 is 0. The Balaban J connectivity index is 1.61. The van der Waals surface area contributed by atoms with E-state index in [1.807, 2.05) is 13.0 Å². The number of fused-ring (bicyclic) bond motifs is 1. The van der Waals surface area contributed by atoms with Crippen molar-refractivity contribution in [1.29, 1.82) is 0 Å². The molecule has 1 atom stereocenters. The van der Waals surface area contributed by atoms with Crippen molar-refractivity contribution in [2.75, 3.05) is 34.7 Å². The quantitative estimate of drug-likeness (QED) is 0.654. The highest BCUT2D eigenvalue weighted by Gasteiger charge is 2.23. The van der Waals surface area contributed by atoms with Crippen LogP contribution < -0.4 is 29.0 Å². The van der Waals surface area contributed by atoms with Crippen molar-refractivity contribution in [2.24, 2.45) is 0 Å². The molecule has 1 unspecified atom stereocenters. The van der Waals surface area contributed by atoms with Crippen LogP contribution in [0.15, 0.2) is 30.3 Å². The second kappa shape index (κ2) is 9.25. The fourth-order valence-electron chi connectivity index (χ4n) is 3.02. The van der Waals surface area contributed by atoms with Gasteiger partial charge in [-0.25, -0.2) is 4.79 Å². The second-order valence-corrected chi connectivity index (χ2v) is 6.36. The van der Waals surface area contributed by atoms with Crippen molar-refractivity contribution in [3.8, 4) is 28.7 Å². The van der Waals surface area contributed by atoms with Gasteiger partial charge in [0.15, 0.2) is 29.6 Å². The van der Waals surface area contributed by atoms with Gasteiger partial charge in [0.05, 0.1) is 27.4 Å². The summed E-state index contributed by atoms with van der Waals surface area (Å²) in [4.78, 5) is 24.7. The first-order valence-corrected chi connectivity index (χ1v) is 9.13. The van der Waals surface area contributed by atoms with E-state index >= 15 is 0 Å². The minimum atomic E-state index is -0.723. The summed E-state index contributed by atoms with van der Waals surface area (Å²) in [6.07, 6.45) is 0. The summed E-state index contributed by atoms with van der Waals surface area (Å²) in [6, 6.07) is 8.13. The molecule has 0 spiro atoms. The Kier molecular flexibility index (Phi) is 6.51. The highest BCUT2D eigenvalue weighted by atomic mass is 16.7. The summed E-state index contributed by atoms with van der Waals surface area (Å²) in [7, 11) is 4.30. The highest BCUT2D eigenvalue weighted by molar-refractivity contribution is 5.95. The van der Waals surface area contributed by atoms with E-state index in [4.69, 9.17) is 28.4 Å². The lowest BCUT2D eigenvalue weighted by Gasteiger charge is -2.16. The van der Waals surface area contributed by atoms with Gasteiger partial charge in [0.1, 0.15) is 5.56 Å². The summed E-state index contributed by atoms with van der Waals surface area (Å²) in [5.74, 6) is 0.940. The van der Waals surface area contributed by atoms with Gasteiger partial charge in [-0.1, -0.05) is 6.07 Å². The number of benzene rings is 2. The molecule has 0 aliphatic carbocycles. The Hall–Kier alpha value is -3.62. The lowest BCUT2D eigenvalue weighted by molar-refractivity contribution is -0.124. The zero-order valence-electron chi connectivity index (χ0n) is 17.1. The fraction of sp³-hybridized carbons (Fsp3) is 0.333. The molecule has 0 bridgehead atoms. The second-order valence-electron chi connectivity index (χ2n) is 6.36. The zero-order valence-corrected chi connectivity index (χ0v) is 17.1. The van der Waals surface area contributed by atoms with Crippen molar-refractivity contribution < 1.29 is 38.0 Å². The number of amides is 1. The first kappa shape index (κ1) is 21.1. The largest absolute Gasteiger partial charge is 0.493 e. The Morgan fingerprint density at radius 1 is 1.00 bits per heavy atom. The molecule has 0 saturated carbocycles. The third-order valence-electron chi connectivity index (χ3n) is 4.53. The minimum absolute atomic E-state index is 0.117. The predicted molar refractivity (Wildman–Crippen MR) is 106 cm³/mol. The molecule has 160 valence electrons. The van der Waals surface area contributed by atoms with Crippen molar-refractivity contribution in [3.63, 3.8) is 0 Å². The van der Waals surface area contributed by atoms with Gasteiger partial charge in [-0.05, 0) is 36.8 Å². The van der Waals surface area contributed by atoms with Gasteiger partial charge >= 0.3 is 5.97 Å². The average molecular weight is 417 g/mol. The zero-order chi connectivity index (χ0) is 21.7. The van der Waals surface area contributed by atoms with E-state index in [0.717, 1.165) is 5.56 Å². The lowest BCUT2D eigenvalue weighted by atomic mass is 10.1. The van der Waals surface area contributed by atoms with Gasteiger partial charge in [-0.15, -0.1) is 0 Å². The van der Waals surface area contributed by atoms with Crippen LogP contribution in [0.2, 0.25) is 0 Å². The van der Waals surface area contributed by atoms with Crippen LogP contribution in [-0.2, 0) is 9.53 Å². The number of carbonyl (C=O) groups excluding carboxylic acids is 2. The molecule has 9 heteroatoms. The number of ether oxygens (including phenoxy) is 6. The first-order valence-electron chi connectivity index (χ1n) is 9.13. The normalized spacial score (nSPS) is 12.7. The predicted octanol–water partition coefficient (Wildman–Crippen LogP) is 2.48. The number of hydrogen-bond donors (Lipinski definition) is 1. The molecular formula is C21H23NO8. The summed E-state index contributed by atoms with van der Waals surface area (Å²) in [5, 5.41) is 2.78. The monoisotopic (exact) mass is 417 g/mol. The van der Waals surface area contributed by atoms with Crippen LogP contribution in [0.3, 0.4) is 0 Å². The SMILES string of the molecule is COc1ccc(C(=O)OCC(=O)NC(C)c2ccc3c(c2)OCO3)c(OC)c1OC. The van der Waals surface area contributed by atoms with Crippen LogP contribution in [0.5, 0.6) is 28.7 Å². The molecule has 2 aromatic rings.